The van der Waals surface area contributed by atoms with Crippen molar-refractivity contribution in [1.82, 2.24) is 20.4 Å². The molecule has 1 aromatic heterocycles. The molecule has 2 N–H and O–H groups in total. The lowest BCUT2D eigenvalue weighted by Crippen LogP contribution is -2.52. The predicted molar refractivity (Wildman–Crippen MR) is 129 cm³/mol. The van der Waals surface area contributed by atoms with Crippen molar-refractivity contribution in [2.75, 3.05) is 17.3 Å². The second-order valence-electron chi connectivity index (χ2n) is 6.97. The molecule has 0 bridgehead atoms. The van der Waals surface area contributed by atoms with Gasteiger partial charge >= 0.3 is 0 Å². The molecule has 2 aromatic rings. The van der Waals surface area contributed by atoms with Crippen molar-refractivity contribution in [2.45, 2.75) is 49.5 Å². The number of amidine groups is 1. The molecule has 31 heavy (non-hydrogen) atoms. The van der Waals surface area contributed by atoms with Gasteiger partial charge in [-0.25, -0.2) is 20.0 Å². The molecule has 0 aliphatic carbocycles. The summed E-state index contributed by atoms with van der Waals surface area (Å²) in [4.78, 5) is 14.4. The zero-order valence-electron chi connectivity index (χ0n) is 17.7. The smallest absolute Gasteiger partial charge is 0.190 e. The molecule has 3 heterocycles. The number of halogens is 1. The minimum absolute atomic E-state index is 0.0386. The number of hydrazine groups is 1. The van der Waals surface area contributed by atoms with Crippen LogP contribution in [0, 0.1) is 0 Å². The van der Waals surface area contributed by atoms with Crippen molar-refractivity contribution in [3.8, 4) is 5.75 Å². The van der Waals surface area contributed by atoms with E-state index in [9.17, 15) is 0 Å². The molecule has 0 spiro atoms. The number of aliphatic imine (C=N–C) groups is 1. The van der Waals surface area contributed by atoms with Gasteiger partial charge in [0.15, 0.2) is 16.8 Å². The van der Waals surface area contributed by atoms with E-state index in [-0.39, 0.29) is 6.17 Å². The third-order valence-electron chi connectivity index (χ3n) is 4.80. The van der Waals surface area contributed by atoms with Crippen LogP contribution < -0.4 is 15.5 Å². The Morgan fingerprint density at radius 1 is 1.23 bits per heavy atom. The Hall–Kier alpha value is -2.10. The number of aromatic nitrogens is 2. The fourth-order valence-electron chi connectivity index (χ4n) is 3.35. The third kappa shape index (κ3) is 4.88. The molecule has 1 aromatic carbocycles. The Morgan fingerprint density at radius 3 is 2.74 bits per heavy atom. The van der Waals surface area contributed by atoms with Crippen LogP contribution in [0.5, 0.6) is 5.75 Å². The van der Waals surface area contributed by atoms with E-state index in [1.165, 1.54) is 0 Å². The second kappa shape index (κ2) is 10.0. The Balaban J connectivity index is 1.68. The SMILES string of the molecule is CCCCC1Nc2nc(SCC)nc(SC)c2C2=NC(=COc3ccc(Cl)cc3)NN21. The van der Waals surface area contributed by atoms with Gasteiger partial charge < -0.3 is 10.1 Å². The second-order valence-corrected chi connectivity index (χ2v) is 9.43. The number of unbranched alkanes of at least 4 members (excludes halogenated alkanes) is 1. The summed E-state index contributed by atoms with van der Waals surface area (Å²) in [7, 11) is 0. The first-order valence-electron chi connectivity index (χ1n) is 10.3. The van der Waals surface area contributed by atoms with Gasteiger partial charge in [0.2, 0.25) is 0 Å². The highest BCUT2D eigenvalue weighted by atomic mass is 35.5. The minimum Gasteiger partial charge on any atom is -0.461 e. The highest BCUT2D eigenvalue weighted by molar-refractivity contribution is 7.99. The Labute approximate surface area is 196 Å². The van der Waals surface area contributed by atoms with Crippen molar-refractivity contribution >= 4 is 46.8 Å². The molecule has 1 unspecified atom stereocenters. The zero-order chi connectivity index (χ0) is 21.8. The summed E-state index contributed by atoms with van der Waals surface area (Å²) in [5.41, 5.74) is 4.29. The first-order chi connectivity index (χ1) is 15.1. The number of hydrogen-bond donors (Lipinski definition) is 2. The largest absolute Gasteiger partial charge is 0.461 e. The van der Waals surface area contributed by atoms with Gasteiger partial charge in [0.1, 0.15) is 29.0 Å². The van der Waals surface area contributed by atoms with Gasteiger partial charge in [-0.2, -0.15) is 0 Å². The van der Waals surface area contributed by atoms with Crippen LogP contribution in [0.4, 0.5) is 5.82 Å². The van der Waals surface area contributed by atoms with Gasteiger partial charge in [0.05, 0.1) is 5.56 Å². The average molecular weight is 477 g/mol. The summed E-state index contributed by atoms with van der Waals surface area (Å²) in [6.07, 6.45) is 6.85. The number of ether oxygens (including phenoxy) is 1. The molecule has 0 fully saturated rings. The van der Waals surface area contributed by atoms with Crippen LogP contribution in [-0.4, -0.2) is 39.0 Å². The first-order valence-corrected chi connectivity index (χ1v) is 12.8. The maximum Gasteiger partial charge on any atom is 0.190 e. The summed E-state index contributed by atoms with van der Waals surface area (Å²) in [6, 6.07) is 7.23. The van der Waals surface area contributed by atoms with E-state index < -0.39 is 0 Å². The van der Waals surface area contributed by atoms with Crippen LogP contribution in [0.2, 0.25) is 5.02 Å². The summed E-state index contributed by atoms with van der Waals surface area (Å²) in [6.45, 7) is 4.30. The van der Waals surface area contributed by atoms with Gasteiger partial charge in [-0.15, -0.1) is 11.8 Å². The molecular formula is C21H25ClN6OS2. The molecule has 10 heteroatoms. The lowest BCUT2D eigenvalue weighted by atomic mass is 10.1. The molecule has 4 rings (SSSR count). The molecule has 1 atom stereocenters. The molecule has 0 amide bonds. The molecule has 0 saturated heterocycles. The highest BCUT2D eigenvalue weighted by Gasteiger charge is 2.38. The van der Waals surface area contributed by atoms with Crippen LogP contribution in [0.1, 0.15) is 38.7 Å². The summed E-state index contributed by atoms with van der Waals surface area (Å²) < 4.78 is 5.79. The van der Waals surface area contributed by atoms with Crippen molar-refractivity contribution in [3.63, 3.8) is 0 Å². The van der Waals surface area contributed by atoms with Gasteiger partial charge in [0, 0.05) is 5.02 Å². The summed E-state index contributed by atoms with van der Waals surface area (Å²) in [5, 5.41) is 8.03. The Morgan fingerprint density at radius 2 is 2.03 bits per heavy atom. The molecule has 7 nitrogen and oxygen atoms in total. The fourth-order valence-corrected chi connectivity index (χ4v) is 4.67. The van der Waals surface area contributed by atoms with Gasteiger partial charge in [0.25, 0.3) is 0 Å². The number of anilines is 1. The zero-order valence-corrected chi connectivity index (χ0v) is 20.1. The van der Waals surface area contributed by atoms with E-state index >= 15 is 0 Å². The highest BCUT2D eigenvalue weighted by Crippen LogP contribution is 2.35. The van der Waals surface area contributed by atoms with E-state index in [1.54, 1.807) is 41.9 Å². The predicted octanol–water partition coefficient (Wildman–Crippen LogP) is 5.35. The standard InChI is InChI=1S/C21H25ClN6OS2/c1-4-6-7-16-24-18-17(20(30-3)26-21(25-18)31-5-2)19-23-15(27-28(16)19)12-29-14-10-8-13(22)9-11-14/h8-12,16,27H,4-7H2,1-3H3,(H,24,25,26). The first kappa shape index (κ1) is 22.1. The Bertz CT molecular complexity index is 998. The van der Waals surface area contributed by atoms with E-state index in [0.29, 0.717) is 16.6 Å². The van der Waals surface area contributed by atoms with Gasteiger partial charge in [-0.1, -0.05) is 43.6 Å². The number of thioether (sulfide) groups is 2. The maximum absolute atomic E-state index is 5.95. The van der Waals surface area contributed by atoms with Gasteiger partial charge in [-0.3, -0.25) is 5.43 Å². The number of nitrogens with zero attached hydrogens (tertiary/aromatic N) is 4. The van der Waals surface area contributed by atoms with Crippen LogP contribution >= 0.6 is 35.1 Å². The Kier molecular flexibility index (Phi) is 7.14. The number of nitrogens with one attached hydrogen (secondary N) is 2. The van der Waals surface area contributed by atoms with Crippen LogP contribution in [0.15, 0.2) is 51.5 Å². The monoisotopic (exact) mass is 476 g/mol. The third-order valence-corrected chi connectivity index (χ3v) is 6.47. The normalized spacial score (nSPS) is 18.2. The lowest BCUT2D eigenvalue weighted by Gasteiger charge is -2.36. The molecule has 0 saturated carbocycles. The van der Waals surface area contributed by atoms with E-state index in [4.69, 9.17) is 31.3 Å². The van der Waals surface area contributed by atoms with E-state index in [0.717, 1.165) is 52.4 Å². The van der Waals surface area contributed by atoms with Crippen LogP contribution in [0.3, 0.4) is 0 Å². The number of benzene rings is 1. The lowest BCUT2D eigenvalue weighted by molar-refractivity contribution is 0.266. The molecule has 164 valence electrons. The average Bonchev–Trinajstić information content (AvgIpc) is 3.21. The van der Waals surface area contributed by atoms with Crippen molar-refractivity contribution in [2.24, 2.45) is 4.99 Å². The molecule has 2 aliphatic rings. The number of hydrogen-bond acceptors (Lipinski definition) is 9. The molecule has 0 radical (unpaired) electrons. The summed E-state index contributed by atoms with van der Waals surface area (Å²) in [5.74, 6) is 3.90. The summed E-state index contributed by atoms with van der Waals surface area (Å²) >= 11 is 9.20. The van der Waals surface area contributed by atoms with E-state index in [2.05, 4.69) is 29.6 Å². The van der Waals surface area contributed by atoms with Crippen molar-refractivity contribution in [1.29, 1.82) is 0 Å². The number of rotatable bonds is 8. The van der Waals surface area contributed by atoms with Crippen molar-refractivity contribution in [3.05, 3.63) is 46.9 Å². The topological polar surface area (TPSA) is 74.7 Å². The van der Waals surface area contributed by atoms with Crippen LogP contribution in [0.25, 0.3) is 0 Å². The number of fused-ring (bicyclic) bond motifs is 3. The molecular weight excluding hydrogens is 452 g/mol. The fraction of sp³-hybridized carbons (Fsp3) is 0.381. The minimum atomic E-state index is 0.0386. The molecule has 2 aliphatic heterocycles. The van der Waals surface area contributed by atoms with Crippen molar-refractivity contribution < 1.29 is 4.74 Å². The van der Waals surface area contributed by atoms with Crippen LogP contribution in [-0.2, 0) is 0 Å². The van der Waals surface area contributed by atoms with Gasteiger partial charge in [-0.05, 0) is 49.1 Å². The quantitative estimate of drug-likeness (QED) is 0.228. The maximum atomic E-state index is 5.95. The van der Waals surface area contributed by atoms with E-state index in [1.807, 2.05) is 18.4 Å².